The average molecular weight is 129 g/mol. The molecule has 0 aliphatic carbocycles. The smallest absolute Gasteiger partial charge is 0.303 e. The monoisotopic (exact) mass is 129 g/mol. The summed E-state index contributed by atoms with van der Waals surface area (Å²) in [6, 6.07) is 0. The van der Waals surface area contributed by atoms with Crippen LogP contribution in [0.3, 0.4) is 0 Å². The average Bonchev–Trinajstić information content (AvgIpc) is 1.83. The van der Waals surface area contributed by atoms with E-state index >= 15 is 0 Å². The van der Waals surface area contributed by atoms with Gasteiger partial charge in [0.1, 0.15) is 0 Å². The van der Waals surface area contributed by atoms with E-state index in [1.807, 2.05) is 0 Å². The Morgan fingerprint density at radius 2 is 2.11 bits per heavy atom. The topological polar surface area (TPSA) is 78.2 Å². The van der Waals surface area contributed by atoms with Crippen LogP contribution in [0.2, 0.25) is 0 Å². The first-order valence-electron chi connectivity index (χ1n) is 2.41. The molecule has 0 atom stereocenters. The molecule has 0 aromatic carbocycles. The molecule has 0 aliphatic rings. The lowest BCUT2D eigenvalue weighted by atomic mass is 10.2. The highest BCUT2D eigenvalue weighted by atomic mass is 16.4. The van der Waals surface area contributed by atoms with Gasteiger partial charge in [-0.1, -0.05) is 0 Å². The second kappa shape index (κ2) is 3.77. The second-order valence-electron chi connectivity index (χ2n) is 1.54. The molecule has 0 aliphatic heterocycles. The van der Waals surface area contributed by atoms with Gasteiger partial charge in [0.05, 0.1) is 12.1 Å². The van der Waals surface area contributed by atoms with Gasteiger partial charge >= 0.3 is 5.97 Å². The first-order chi connectivity index (χ1) is 4.16. The minimum Gasteiger partial charge on any atom is -0.481 e. The highest BCUT2D eigenvalue weighted by Crippen LogP contribution is 1.87. The summed E-state index contributed by atoms with van der Waals surface area (Å²) in [5.74, 6) is -0.985. The van der Waals surface area contributed by atoms with E-state index in [4.69, 9.17) is 10.5 Å². The Bertz CT molecular complexity index is 141. The van der Waals surface area contributed by atoms with Crippen LogP contribution in [0.4, 0.5) is 0 Å². The zero-order valence-electron chi connectivity index (χ0n) is 4.76. The van der Waals surface area contributed by atoms with Crippen molar-refractivity contribution in [2.24, 2.45) is 0 Å². The van der Waals surface area contributed by atoms with E-state index in [1.165, 1.54) is 0 Å². The highest BCUT2D eigenvalue weighted by molar-refractivity contribution is 6.26. The summed E-state index contributed by atoms with van der Waals surface area (Å²) in [5.41, 5.74) is -0.169. The molecule has 0 unspecified atom stereocenters. The van der Waals surface area contributed by atoms with Crippen LogP contribution in [0.25, 0.3) is 0 Å². The molecule has 9 heavy (non-hydrogen) atoms. The summed E-state index contributed by atoms with van der Waals surface area (Å²) in [5, 5.41) is 14.7. The highest BCUT2D eigenvalue weighted by Gasteiger charge is 1.98. The molecule has 0 saturated carbocycles. The van der Waals surface area contributed by atoms with Crippen LogP contribution in [-0.4, -0.2) is 23.1 Å². The third-order valence-corrected chi connectivity index (χ3v) is 0.750. The lowest BCUT2D eigenvalue weighted by Crippen LogP contribution is -2.02. The summed E-state index contributed by atoms with van der Waals surface area (Å²) >= 11 is 0. The first kappa shape index (κ1) is 7.81. The fourth-order valence-electron chi connectivity index (χ4n) is 0.301. The summed E-state index contributed by atoms with van der Waals surface area (Å²) in [7, 11) is 0. The molecule has 0 aromatic heterocycles. The van der Waals surface area contributed by atoms with Crippen LogP contribution in [-0.2, 0) is 9.59 Å². The van der Waals surface area contributed by atoms with Crippen molar-refractivity contribution in [3.63, 3.8) is 0 Å². The van der Waals surface area contributed by atoms with Crippen molar-refractivity contribution in [3.05, 3.63) is 0 Å². The van der Waals surface area contributed by atoms with Gasteiger partial charge in [-0.05, 0) is 0 Å². The Kier molecular flexibility index (Phi) is 3.27. The van der Waals surface area contributed by atoms with E-state index < -0.39 is 5.97 Å². The van der Waals surface area contributed by atoms with Crippen molar-refractivity contribution in [3.8, 4) is 0 Å². The normalized spacial score (nSPS) is 8.44. The van der Waals surface area contributed by atoms with Crippen LogP contribution in [0, 0.1) is 5.41 Å². The summed E-state index contributed by atoms with van der Waals surface area (Å²) < 4.78 is 0. The van der Waals surface area contributed by atoms with Gasteiger partial charge in [-0.15, -0.1) is 0 Å². The molecule has 0 saturated heterocycles. The molecule has 0 spiro atoms. The molecular weight excluding hydrogens is 122 g/mol. The van der Waals surface area contributed by atoms with Gasteiger partial charge in [0.25, 0.3) is 0 Å². The quantitative estimate of drug-likeness (QED) is 0.416. The second-order valence-corrected chi connectivity index (χ2v) is 1.54. The Morgan fingerprint density at radius 3 is 2.44 bits per heavy atom. The van der Waals surface area contributed by atoms with Gasteiger partial charge < -0.3 is 10.5 Å². The van der Waals surface area contributed by atoms with E-state index in [0.717, 1.165) is 0 Å². The van der Waals surface area contributed by atoms with E-state index in [1.54, 1.807) is 0 Å². The Balaban J connectivity index is 3.39. The Morgan fingerprint density at radius 1 is 1.56 bits per heavy atom. The minimum atomic E-state index is -0.985. The van der Waals surface area contributed by atoms with Crippen molar-refractivity contribution in [2.75, 3.05) is 0 Å². The maximum Gasteiger partial charge on any atom is 0.303 e. The fourth-order valence-corrected chi connectivity index (χ4v) is 0.301. The zero-order valence-corrected chi connectivity index (χ0v) is 4.76. The number of hydrogen-bond acceptors (Lipinski definition) is 3. The van der Waals surface area contributed by atoms with Crippen molar-refractivity contribution >= 4 is 18.0 Å². The molecular formula is C5H7NO3. The van der Waals surface area contributed by atoms with Gasteiger partial charge in [-0.3, -0.25) is 9.59 Å². The molecule has 0 heterocycles. The lowest BCUT2D eigenvalue weighted by Gasteiger charge is -1.88. The van der Waals surface area contributed by atoms with Crippen LogP contribution in [0.15, 0.2) is 0 Å². The summed E-state index contributed by atoms with van der Waals surface area (Å²) in [6.45, 7) is 0. The third kappa shape index (κ3) is 4.67. The van der Waals surface area contributed by atoms with Gasteiger partial charge in [0, 0.05) is 6.42 Å². The number of aliphatic carboxylic acids is 1. The van der Waals surface area contributed by atoms with Gasteiger partial charge in [-0.2, -0.15) is 0 Å². The maximum atomic E-state index is 9.81. The van der Waals surface area contributed by atoms with Crippen molar-refractivity contribution in [2.45, 2.75) is 12.8 Å². The molecule has 0 amide bonds. The number of nitrogens with one attached hydrogen (secondary N) is 1. The van der Waals surface area contributed by atoms with Gasteiger partial charge in [0.2, 0.25) is 0 Å². The van der Waals surface area contributed by atoms with E-state index in [2.05, 4.69) is 0 Å². The predicted octanol–water partition coefficient (Wildman–Crippen LogP) is 0.0699. The molecule has 4 heteroatoms. The summed E-state index contributed by atoms with van der Waals surface area (Å²) in [6.07, 6.45) is 0.235. The van der Waals surface area contributed by atoms with E-state index in [9.17, 15) is 9.59 Å². The zero-order chi connectivity index (χ0) is 7.28. The van der Waals surface area contributed by atoms with E-state index in [0.29, 0.717) is 6.29 Å². The number of hydrogen-bond donors (Lipinski definition) is 2. The molecule has 50 valence electrons. The number of carboxylic acid groups (broad SMARTS) is 1. The maximum absolute atomic E-state index is 9.81. The van der Waals surface area contributed by atoms with Crippen molar-refractivity contribution in [1.29, 1.82) is 5.41 Å². The molecule has 2 N–H and O–H groups in total. The number of aldehydes is 1. The number of rotatable bonds is 4. The first-order valence-corrected chi connectivity index (χ1v) is 2.41. The molecule has 0 radical (unpaired) electrons. The van der Waals surface area contributed by atoms with Crippen LogP contribution < -0.4 is 0 Å². The van der Waals surface area contributed by atoms with Crippen LogP contribution >= 0.6 is 0 Å². The largest absolute Gasteiger partial charge is 0.481 e. The minimum absolute atomic E-state index is 0.0266. The summed E-state index contributed by atoms with van der Waals surface area (Å²) in [4.78, 5) is 19.5. The number of carbonyl (C=O) groups excluding carboxylic acids is 1. The molecule has 0 fully saturated rings. The number of carboxylic acids is 1. The molecule has 0 aromatic rings. The van der Waals surface area contributed by atoms with Gasteiger partial charge in [-0.25, -0.2) is 0 Å². The van der Waals surface area contributed by atoms with Gasteiger partial charge in [0.15, 0.2) is 6.29 Å². The molecule has 0 bridgehead atoms. The van der Waals surface area contributed by atoms with Crippen molar-refractivity contribution in [1.82, 2.24) is 0 Å². The molecule has 0 rings (SSSR count). The standard InChI is InChI=1S/C5H7NO3/c6-4(3-7)1-2-5(8)9/h3,6H,1-2H2,(H,8,9). The predicted molar refractivity (Wildman–Crippen MR) is 30.7 cm³/mol. The third-order valence-electron chi connectivity index (χ3n) is 0.750. The fraction of sp³-hybridized carbons (Fsp3) is 0.400. The van der Waals surface area contributed by atoms with E-state index in [-0.39, 0.29) is 18.6 Å². The van der Waals surface area contributed by atoms with Crippen LogP contribution in [0.1, 0.15) is 12.8 Å². The SMILES string of the molecule is N=C(C=O)CCC(=O)O. The Hall–Kier alpha value is -1.19. The lowest BCUT2D eigenvalue weighted by molar-refractivity contribution is -0.136. The number of carbonyl (C=O) groups is 2. The van der Waals surface area contributed by atoms with Crippen LogP contribution in [0.5, 0.6) is 0 Å². The molecule has 4 nitrogen and oxygen atoms in total. The Labute approximate surface area is 52.0 Å². The van der Waals surface area contributed by atoms with Crippen molar-refractivity contribution < 1.29 is 14.7 Å².